The molecule has 1 aromatic rings. The zero-order valence-corrected chi connectivity index (χ0v) is 14.5. The molecule has 2 fully saturated rings. The third-order valence-corrected chi connectivity index (χ3v) is 6.53. The number of nitrogens with zero attached hydrogens (tertiary/aromatic N) is 2. The number of carbonyl (C=O) groups excluding carboxylic acids is 1. The largest absolute Gasteiger partial charge is 0.336 e. The summed E-state index contributed by atoms with van der Waals surface area (Å²) in [5, 5.41) is 3.01. The highest BCUT2D eigenvalue weighted by Crippen LogP contribution is 2.25. The second-order valence-corrected chi connectivity index (χ2v) is 8.26. The highest BCUT2D eigenvalue weighted by molar-refractivity contribution is 7.89. The van der Waals surface area contributed by atoms with Crippen LogP contribution in [0.3, 0.4) is 0 Å². The molecule has 0 spiro atoms. The molecule has 1 N–H and O–H groups in total. The minimum Gasteiger partial charge on any atom is -0.336 e. The maximum atomic E-state index is 14.1. The van der Waals surface area contributed by atoms with E-state index in [0.29, 0.717) is 31.6 Å². The molecule has 8 heteroatoms. The van der Waals surface area contributed by atoms with Gasteiger partial charge in [-0.2, -0.15) is 4.31 Å². The highest BCUT2D eigenvalue weighted by Gasteiger charge is 2.36. The van der Waals surface area contributed by atoms with Crippen molar-refractivity contribution in [3.63, 3.8) is 0 Å². The van der Waals surface area contributed by atoms with Crippen LogP contribution in [0.1, 0.15) is 18.4 Å². The SMILES string of the molecule is Cc1ccc(S(=O)(=O)N2CCCC(N3CCNCC3=O)C2)c(F)c1. The van der Waals surface area contributed by atoms with Gasteiger partial charge in [0.25, 0.3) is 0 Å². The second kappa shape index (κ2) is 6.78. The van der Waals surface area contributed by atoms with Crippen molar-refractivity contribution >= 4 is 15.9 Å². The summed E-state index contributed by atoms with van der Waals surface area (Å²) in [7, 11) is -3.89. The van der Waals surface area contributed by atoms with Crippen molar-refractivity contribution < 1.29 is 17.6 Å². The Morgan fingerprint density at radius 1 is 1.29 bits per heavy atom. The van der Waals surface area contributed by atoms with Gasteiger partial charge in [0.05, 0.1) is 6.54 Å². The summed E-state index contributed by atoms with van der Waals surface area (Å²) in [4.78, 5) is 13.5. The van der Waals surface area contributed by atoms with Gasteiger partial charge in [0.2, 0.25) is 15.9 Å². The van der Waals surface area contributed by atoms with Crippen LogP contribution in [0.25, 0.3) is 0 Å². The van der Waals surface area contributed by atoms with E-state index in [2.05, 4.69) is 5.32 Å². The molecule has 0 aromatic heterocycles. The average Bonchev–Trinajstić information content (AvgIpc) is 2.55. The summed E-state index contributed by atoms with van der Waals surface area (Å²) in [6.45, 7) is 3.87. The zero-order valence-electron chi connectivity index (χ0n) is 13.7. The van der Waals surface area contributed by atoms with E-state index in [9.17, 15) is 17.6 Å². The first-order chi connectivity index (χ1) is 11.4. The lowest BCUT2D eigenvalue weighted by molar-refractivity contribution is -0.135. The number of hydrogen-bond donors (Lipinski definition) is 1. The molecule has 2 aliphatic heterocycles. The molecule has 0 bridgehead atoms. The molecular formula is C16H22FN3O3S. The van der Waals surface area contributed by atoms with Crippen LogP contribution in [0.15, 0.2) is 23.1 Å². The Kier molecular flexibility index (Phi) is 4.89. The lowest BCUT2D eigenvalue weighted by Crippen LogP contribution is -2.57. The number of aryl methyl sites for hydroxylation is 1. The Balaban J connectivity index is 1.82. The molecule has 1 atom stereocenters. The van der Waals surface area contributed by atoms with Crippen molar-refractivity contribution in [2.75, 3.05) is 32.7 Å². The molecule has 2 heterocycles. The van der Waals surface area contributed by atoms with Crippen LogP contribution in [-0.4, -0.2) is 62.3 Å². The Bertz CT molecular complexity index is 738. The molecule has 1 amide bonds. The topological polar surface area (TPSA) is 69.7 Å². The summed E-state index contributed by atoms with van der Waals surface area (Å²) < 4.78 is 41.0. The van der Waals surface area contributed by atoms with E-state index < -0.39 is 15.8 Å². The van der Waals surface area contributed by atoms with Crippen molar-refractivity contribution in [3.05, 3.63) is 29.6 Å². The van der Waals surface area contributed by atoms with E-state index in [1.54, 1.807) is 17.9 Å². The quantitative estimate of drug-likeness (QED) is 0.867. The van der Waals surface area contributed by atoms with Crippen molar-refractivity contribution in [2.45, 2.75) is 30.7 Å². The fourth-order valence-corrected chi connectivity index (χ4v) is 4.92. The Labute approximate surface area is 141 Å². The average molecular weight is 355 g/mol. The van der Waals surface area contributed by atoms with Crippen LogP contribution in [0.4, 0.5) is 4.39 Å². The van der Waals surface area contributed by atoms with Gasteiger partial charge in [-0.15, -0.1) is 0 Å². The van der Waals surface area contributed by atoms with Gasteiger partial charge in [-0.1, -0.05) is 6.07 Å². The maximum absolute atomic E-state index is 14.1. The number of halogens is 1. The van der Waals surface area contributed by atoms with Crippen LogP contribution in [0, 0.1) is 12.7 Å². The van der Waals surface area contributed by atoms with Crippen LogP contribution in [0.2, 0.25) is 0 Å². The normalized spacial score (nSPS) is 23.5. The minimum atomic E-state index is -3.89. The molecule has 24 heavy (non-hydrogen) atoms. The van der Waals surface area contributed by atoms with E-state index >= 15 is 0 Å². The summed E-state index contributed by atoms with van der Waals surface area (Å²) >= 11 is 0. The number of nitrogens with one attached hydrogen (secondary N) is 1. The van der Waals surface area contributed by atoms with Gasteiger partial charge in [-0.05, 0) is 37.5 Å². The van der Waals surface area contributed by atoms with Gasteiger partial charge in [-0.3, -0.25) is 4.79 Å². The maximum Gasteiger partial charge on any atom is 0.246 e. The number of sulfonamides is 1. The van der Waals surface area contributed by atoms with Gasteiger partial charge >= 0.3 is 0 Å². The number of carbonyl (C=O) groups is 1. The molecular weight excluding hydrogens is 333 g/mol. The number of benzene rings is 1. The lowest BCUT2D eigenvalue weighted by atomic mass is 10.1. The highest BCUT2D eigenvalue weighted by atomic mass is 32.2. The minimum absolute atomic E-state index is 0.00739. The smallest absolute Gasteiger partial charge is 0.246 e. The number of piperidine rings is 1. The summed E-state index contributed by atoms with van der Waals surface area (Å²) in [5.74, 6) is -0.734. The molecule has 0 aliphatic carbocycles. The van der Waals surface area contributed by atoms with Crippen molar-refractivity contribution in [1.82, 2.24) is 14.5 Å². The lowest BCUT2D eigenvalue weighted by Gasteiger charge is -2.40. The predicted octanol–water partition coefficient (Wildman–Crippen LogP) is 0.719. The monoisotopic (exact) mass is 355 g/mol. The Morgan fingerprint density at radius 2 is 2.08 bits per heavy atom. The zero-order chi connectivity index (χ0) is 17.3. The molecule has 0 radical (unpaired) electrons. The van der Waals surface area contributed by atoms with Crippen molar-refractivity contribution in [2.24, 2.45) is 0 Å². The van der Waals surface area contributed by atoms with Crippen LogP contribution < -0.4 is 5.32 Å². The molecule has 3 rings (SSSR count). The summed E-state index contributed by atoms with van der Waals surface area (Å²) in [6, 6.07) is 4.00. The predicted molar refractivity (Wildman–Crippen MR) is 87.5 cm³/mol. The van der Waals surface area contributed by atoms with Gasteiger partial charge in [0.1, 0.15) is 10.7 Å². The van der Waals surface area contributed by atoms with Gasteiger partial charge in [-0.25, -0.2) is 12.8 Å². The van der Waals surface area contributed by atoms with E-state index in [1.807, 2.05) is 0 Å². The molecule has 0 saturated carbocycles. The first-order valence-corrected chi connectivity index (χ1v) is 9.60. The van der Waals surface area contributed by atoms with E-state index in [4.69, 9.17) is 0 Å². The van der Waals surface area contributed by atoms with Gasteiger partial charge < -0.3 is 10.2 Å². The molecule has 6 nitrogen and oxygen atoms in total. The Morgan fingerprint density at radius 3 is 2.79 bits per heavy atom. The first kappa shape index (κ1) is 17.3. The summed E-state index contributed by atoms with van der Waals surface area (Å²) in [5.41, 5.74) is 0.675. The van der Waals surface area contributed by atoms with E-state index in [1.165, 1.54) is 16.4 Å². The standard InChI is InChI=1S/C16H22FN3O3S/c1-12-4-5-15(14(17)9-12)24(22,23)19-7-2-3-13(11-19)20-8-6-18-10-16(20)21/h4-5,9,13,18H,2-3,6-8,10-11H2,1H3. The van der Waals surface area contributed by atoms with Crippen LogP contribution in [0.5, 0.6) is 0 Å². The van der Waals surface area contributed by atoms with Gasteiger partial charge in [0.15, 0.2) is 0 Å². The van der Waals surface area contributed by atoms with Crippen LogP contribution in [-0.2, 0) is 14.8 Å². The Hall–Kier alpha value is -1.51. The summed E-state index contributed by atoms with van der Waals surface area (Å²) in [6.07, 6.45) is 1.43. The number of piperazine rings is 1. The molecule has 132 valence electrons. The molecule has 1 aromatic carbocycles. The van der Waals surface area contributed by atoms with Gasteiger partial charge in [0, 0.05) is 32.2 Å². The van der Waals surface area contributed by atoms with Crippen molar-refractivity contribution in [1.29, 1.82) is 0 Å². The second-order valence-electron chi connectivity index (χ2n) is 6.36. The molecule has 1 unspecified atom stereocenters. The number of rotatable bonds is 3. The first-order valence-electron chi connectivity index (χ1n) is 8.16. The van der Waals surface area contributed by atoms with E-state index in [-0.39, 0.29) is 29.9 Å². The van der Waals surface area contributed by atoms with Crippen molar-refractivity contribution in [3.8, 4) is 0 Å². The fraction of sp³-hybridized carbons (Fsp3) is 0.562. The number of amides is 1. The van der Waals surface area contributed by atoms with E-state index in [0.717, 1.165) is 6.42 Å². The number of hydrogen-bond acceptors (Lipinski definition) is 4. The molecule has 2 saturated heterocycles. The third-order valence-electron chi connectivity index (χ3n) is 4.63. The molecule has 2 aliphatic rings. The fourth-order valence-electron chi connectivity index (χ4n) is 3.36. The van der Waals surface area contributed by atoms with Crippen LogP contribution >= 0.6 is 0 Å². The third kappa shape index (κ3) is 3.31.